The molecular formula is C17H22N2OS. The molecule has 21 heavy (non-hydrogen) atoms. The van der Waals surface area contributed by atoms with Crippen molar-refractivity contribution in [3.05, 3.63) is 51.5 Å². The van der Waals surface area contributed by atoms with Crippen molar-refractivity contribution in [1.29, 1.82) is 0 Å². The molecule has 1 aromatic heterocycles. The number of likely N-dealkylation sites (N-methyl/N-ethyl adjacent to an activating group) is 1. The van der Waals surface area contributed by atoms with Gasteiger partial charge in [-0.1, -0.05) is 30.3 Å². The van der Waals surface area contributed by atoms with Gasteiger partial charge in [0, 0.05) is 11.4 Å². The molecular weight excluding hydrogens is 280 g/mol. The first-order valence-electron chi connectivity index (χ1n) is 7.58. The van der Waals surface area contributed by atoms with Gasteiger partial charge in [-0.25, -0.2) is 4.98 Å². The fourth-order valence-electron chi connectivity index (χ4n) is 2.99. The summed E-state index contributed by atoms with van der Waals surface area (Å²) in [5.74, 6) is 0.641. The molecule has 3 rings (SSSR count). The third kappa shape index (κ3) is 3.51. The summed E-state index contributed by atoms with van der Waals surface area (Å²) in [6, 6.07) is 10.8. The van der Waals surface area contributed by atoms with E-state index >= 15 is 0 Å². The first-order valence-corrected chi connectivity index (χ1v) is 8.39. The molecule has 112 valence electrons. The molecule has 4 heteroatoms. The summed E-state index contributed by atoms with van der Waals surface area (Å²) in [5, 5.41) is 10.2. The van der Waals surface area contributed by atoms with Gasteiger partial charge in [-0.05, 0) is 37.8 Å². The van der Waals surface area contributed by atoms with E-state index in [1.165, 1.54) is 27.6 Å². The second kappa shape index (κ2) is 6.69. The number of benzene rings is 1. The van der Waals surface area contributed by atoms with Crippen molar-refractivity contribution in [3.63, 3.8) is 0 Å². The van der Waals surface area contributed by atoms with E-state index in [4.69, 9.17) is 10.1 Å². The van der Waals surface area contributed by atoms with Crippen molar-refractivity contribution < 1.29 is 5.11 Å². The molecule has 0 saturated heterocycles. The smallest absolute Gasteiger partial charge is 0.107 e. The highest BCUT2D eigenvalue weighted by atomic mass is 32.1. The predicted octanol–water partition coefficient (Wildman–Crippen LogP) is 2.84. The largest absolute Gasteiger partial charge is 0.395 e. The Morgan fingerprint density at radius 3 is 2.90 bits per heavy atom. The highest BCUT2D eigenvalue weighted by molar-refractivity contribution is 7.11. The van der Waals surface area contributed by atoms with Gasteiger partial charge in [-0.15, -0.1) is 11.3 Å². The summed E-state index contributed by atoms with van der Waals surface area (Å²) in [6.45, 7) is 1.75. The molecule has 1 aliphatic carbocycles. The van der Waals surface area contributed by atoms with E-state index in [1.54, 1.807) is 0 Å². The lowest BCUT2D eigenvalue weighted by Gasteiger charge is -2.21. The maximum Gasteiger partial charge on any atom is 0.107 e. The number of aromatic nitrogens is 1. The number of aryl methyl sites for hydroxylation is 1. The van der Waals surface area contributed by atoms with Gasteiger partial charge in [-0.3, -0.25) is 4.90 Å². The number of hydrogen-bond donors (Lipinski definition) is 1. The van der Waals surface area contributed by atoms with Crippen molar-refractivity contribution in [2.45, 2.75) is 31.7 Å². The molecule has 1 aromatic carbocycles. The Morgan fingerprint density at radius 2 is 2.14 bits per heavy atom. The van der Waals surface area contributed by atoms with Gasteiger partial charge < -0.3 is 5.11 Å². The van der Waals surface area contributed by atoms with Crippen LogP contribution in [0.3, 0.4) is 0 Å². The van der Waals surface area contributed by atoms with E-state index in [1.807, 2.05) is 18.4 Å². The van der Waals surface area contributed by atoms with Crippen LogP contribution in [-0.4, -0.2) is 35.2 Å². The zero-order chi connectivity index (χ0) is 14.7. The van der Waals surface area contributed by atoms with Gasteiger partial charge in [0.2, 0.25) is 0 Å². The lowest BCUT2D eigenvalue weighted by Crippen LogP contribution is -2.21. The number of aliphatic hydroxyl groups is 1. The average Bonchev–Trinajstić information content (AvgIpc) is 2.89. The molecule has 0 spiro atoms. The molecule has 1 N–H and O–H groups in total. The van der Waals surface area contributed by atoms with E-state index in [-0.39, 0.29) is 6.61 Å². The fourth-order valence-corrected chi connectivity index (χ4v) is 4.26. The Balaban J connectivity index is 1.70. The molecule has 0 fully saturated rings. The summed E-state index contributed by atoms with van der Waals surface area (Å²) in [5.41, 5.74) is 2.76. The topological polar surface area (TPSA) is 36.4 Å². The molecule has 1 unspecified atom stereocenters. The van der Waals surface area contributed by atoms with Crippen LogP contribution in [0.1, 0.15) is 33.5 Å². The quantitative estimate of drug-likeness (QED) is 0.922. The first kappa shape index (κ1) is 14.7. The van der Waals surface area contributed by atoms with Crippen LogP contribution in [0.15, 0.2) is 30.3 Å². The third-order valence-electron chi connectivity index (χ3n) is 4.14. The van der Waals surface area contributed by atoms with E-state index in [2.05, 4.69) is 35.2 Å². The van der Waals surface area contributed by atoms with Crippen LogP contribution in [0, 0.1) is 0 Å². The molecule has 0 radical (unpaired) electrons. The minimum Gasteiger partial charge on any atom is -0.395 e. The molecule has 3 nitrogen and oxygen atoms in total. The number of thiazole rings is 1. The first-order chi connectivity index (χ1) is 10.3. The number of nitrogens with zero attached hydrogens (tertiary/aromatic N) is 2. The summed E-state index contributed by atoms with van der Waals surface area (Å²) >= 11 is 1.85. The Hall–Kier alpha value is -1.23. The summed E-state index contributed by atoms with van der Waals surface area (Å²) in [6.07, 6.45) is 3.42. The van der Waals surface area contributed by atoms with Crippen molar-refractivity contribution in [2.75, 3.05) is 20.2 Å². The van der Waals surface area contributed by atoms with Crippen LogP contribution in [-0.2, 0) is 19.4 Å². The van der Waals surface area contributed by atoms with Gasteiger partial charge in [0.1, 0.15) is 5.01 Å². The molecule has 0 saturated carbocycles. The lowest BCUT2D eigenvalue weighted by molar-refractivity contribution is 0.217. The Morgan fingerprint density at radius 1 is 1.33 bits per heavy atom. The van der Waals surface area contributed by atoms with Gasteiger partial charge in [0.05, 0.1) is 18.8 Å². The van der Waals surface area contributed by atoms with Gasteiger partial charge in [0.15, 0.2) is 0 Å². The lowest BCUT2D eigenvalue weighted by atomic mass is 9.85. The number of aliphatic hydroxyl groups excluding tert-OH is 1. The van der Waals surface area contributed by atoms with Gasteiger partial charge >= 0.3 is 0 Å². The normalized spacial score (nSPS) is 18.0. The van der Waals surface area contributed by atoms with Crippen molar-refractivity contribution in [1.82, 2.24) is 9.88 Å². The van der Waals surface area contributed by atoms with Crippen LogP contribution in [0.2, 0.25) is 0 Å². The summed E-state index contributed by atoms with van der Waals surface area (Å²) < 4.78 is 0. The minimum atomic E-state index is 0.206. The molecule has 1 aliphatic rings. The number of hydrogen-bond acceptors (Lipinski definition) is 4. The third-order valence-corrected chi connectivity index (χ3v) is 5.25. The summed E-state index contributed by atoms with van der Waals surface area (Å²) in [4.78, 5) is 8.38. The second-order valence-electron chi connectivity index (χ2n) is 5.79. The van der Waals surface area contributed by atoms with Crippen molar-refractivity contribution in [3.8, 4) is 0 Å². The molecule has 1 heterocycles. The molecule has 2 aromatic rings. The van der Waals surface area contributed by atoms with Crippen molar-refractivity contribution >= 4 is 11.3 Å². The molecule has 1 atom stereocenters. The van der Waals surface area contributed by atoms with E-state index in [0.717, 1.165) is 19.4 Å². The van der Waals surface area contributed by atoms with Crippen LogP contribution < -0.4 is 0 Å². The fraction of sp³-hybridized carbons (Fsp3) is 0.471. The molecule has 0 bridgehead atoms. The highest BCUT2D eigenvalue weighted by Crippen LogP contribution is 2.35. The Bertz CT molecular complexity index is 582. The molecule has 0 amide bonds. The van der Waals surface area contributed by atoms with Crippen LogP contribution in [0.4, 0.5) is 0 Å². The van der Waals surface area contributed by atoms with Crippen LogP contribution >= 0.6 is 11.3 Å². The average molecular weight is 302 g/mol. The maximum atomic E-state index is 8.98. The number of fused-ring (bicyclic) bond motifs is 1. The highest BCUT2D eigenvalue weighted by Gasteiger charge is 2.23. The minimum absolute atomic E-state index is 0.206. The Labute approximate surface area is 130 Å². The standard InChI is InChI=1S/C17H22N2OS/c1-19(9-10-20)12-17-18-15-8-7-14(11-16(15)21-17)13-5-3-2-4-6-13/h2-6,14,20H,7-12H2,1H3. The van der Waals surface area contributed by atoms with E-state index < -0.39 is 0 Å². The van der Waals surface area contributed by atoms with Gasteiger partial charge in [0.25, 0.3) is 0 Å². The van der Waals surface area contributed by atoms with Crippen LogP contribution in [0.25, 0.3) is 0 Å². The Kier molecular flexibility index (Phi) is 4.68. The van der Waals surface area contributed by atoms with Crippen LogP contribution in [0.5, 0.6) is 0 Å². The van der Waals surface area contributed by atoms with Crippen molar-refractivity contribution in [2.24, 2.45) is 0 Å². The molecule has 0 aliphatic heterocycles. The van der Waals surface area contributed by atoms with E-state index in [9.17, 15) is 0 Å². The second-order valence-corrected chi connectivity index (χ2v) is 6.96. The number of rotatable bonds is 5. The van der Waals surface area contributed by atoms with E-state index in [0.29, 0.717) is 12.5 Å². The monoisotopic (exact) mass is 302 g/mol. The summed E-state index contributed by atoms with van der Waals surface area (Å²) in [7, 11) is 2.03. The SMILES string of the molecule is CN(CCO)Cc1nc2c(s1)CC(c1ccccc1)CC2. The maximum absolute atomic E-state index is 8.98. The zero-order valence-electron chi connectivity index (χ0n) is 12.5. The van der Waals surface area contributed by atoms with Gasteiger partial charge in [-0.2, -0.15) is 0 Å². The zero-order valence-corrected chi connectivity index (χ0v) is 13.3. The predicted molar refractivity (Wildman–Crippen MR) is 86.7 cm³/mol.